The monoisotopic (exact) mass is 159 g/mol. The summed E-state index contributed by atoms with van der Waals surface area (Å²) in [4.78, 5) is 4.25. The molecular formula is C11H13N. The molecule has 0 atom stereocenters. The van der Waals surface area contributed by atoms with Gasteiger partial charge in [0.1, 0.15) is 0 Å². The molecule has 0 bridgehead atoms. The first kappa shape index (κ1) is 8.72. The van der Waals surface area contributed by atoms with Crippen molar-refractivity contribution in [2.75, 3.05) is 0 Å². The molecule has 0 spiro atoms. The van der Waals surface area contributed by atoms with Crippen molar-refractivity contribution in [1.82, 2.24) is 4.98 Å². The summed E-state index contributed by atoms with van der Waals surface area (Å²) >= 11 is 0. The minimum atomic E-state index is 1.03. The number of aromatic nitrogens is 1. The first-order valence-corrected chi connectivity index (χ1v) is 4.09. The molecule has 1 aromatic rings. The topological polar surface area (TPSA) is 12.9 Å². The van der Waals surface area contributed by atoms with Crippen LogP contribution in [0.5, 0.6) is 0 Å². The van der Waals surface area contributed by atoms with Crippen molar-refractivity contribution in [2.24, 2.45) is 0 Å². The van der Waals surface area contributed by atoms with Gasteiger partial charge in [0.25, 0.3) is 0 Å². The van der Waals surface area contributed by atoms with Crippen molar-refractivity contribution >= 4 is 12.2 Å². The molecule has 1 rings (SSSR count). The lowest BCUT2D eigenvalue weighted by Gasteiger charge is -1.97. The molecule has 0 amide bonds. The van der Waals surface area contributed by atoms with E-state index in [1.807, 2.05) is 44.3 Å². The van der Waals surface area contributed by atoms with Gasteiger partial charge in [0.2, 0.25) is 0 Å². The van der Waals surface area contributed by atoms with E-state index in [1.54, 1.807) is 0 Å². The number of pyridine rings is 1. The van der Waals surface area contributed by atoms with Gasteiger partial charge in [0, 0.05) is 6.20 Å². The highest BCUT2D eigenvalue weighted by Crippen LogP contribution is 2.08. The number of nitrogens with zero attached hydrogens (tertiary/aromatic N) is 1. The Hall–Kier alpha value is -1.37. The molecule has 0 aliphatic heterocycles. The van der Waals surface area contributed by atoms with Gasteiger partial charge in [0.15, 0.2) is 0 Å². The van der Waals surface area contributed by atoms with Crippen molar-refractivity contribution in [1.29, 1.82) is 0 Å². The Morgan fingerprint density at radius 1 is 1.17 bits per heavy atom. The van der Waals surface area contributed by atoms with Crippen LogP contribution in [-0.4, -0.2) is 4.98 Å². The SMILES string of the molecule is C/C=C\c1ncccc1/C=C/C. The van der Waals surface area contributed by atoms with E-state index in [2.05, 4.69) is 17.1 Å². The second-order valence-electron chi connectivity index (χ2n) is 2.48. The summed E-state index contributed by atoms with van der Waals surface area (Å²) in [5.41, 5.74) is 2.19. The number of rotatable bonds is 2. The van der Waals surface area contributed by atoms with E-state index >= 15 is 0 Å². The summed E-state index contributed by atoms with van der Waals surface area (Å²) in [5, 5.41) is 0. The second kappa shape index (κ2) is 4.50. The van der Waals surface area contributed by atoms with E-state index in [-0.39, 0.29) is 0 Å². The van der Waals surface area contributed by atoms with E-state index in [4.69, 9.17) is 0 Å². The van der Waals surface area contributed by atoms with Gasteiger partial charge in [-0.25, -0.2) is 0 Å². The molecule has 0 radical (unpaired) electrons. The maximum atomic E-state index is 4.25. The van der Waals surface area contributed by atoms with Crippen LogP contribution in [0, 0.1) is 0 Å². The highest BCUT2D eigenvalue weighted by Gasteiger charge is 1.92. The van der Waals surface area contributed by atoms with Crippen LogP contribution >= 0.6 is 0 Å². The van der Waals surface area contributed by atoms with Crippen molar-refractivity contribution in [3.05, 3.63) is 41.7 Å². The summed E-state index contributed by atoms with van der Waals surface area (Å²) < 4.78 is 0. The lowest BCUT2D eigenvalue weighted by atomic mass is 10.1. The zero-order chi connectivity index (χ0) is 8.81. The van der Waals surface area contributed by atoms with Crippen LogP contribution in [0.4, 0.5) is 0 Å². The van der Waals surface area contributed by atoms with Gasteiger partial charge in [-0.2, -0.15) is 0 Å². The Bertz CT molecular complexity index is 267. The van der Waals surface area contributed by atoms with E-state index in [9.17, 15) is 0 Å². The molecule has 62 valence electrons. The van der Waals surface area contributed by atoms with Crippen molar-refractivity contribution < 1.29 is 0 Å². The van der Waals surface area contributed by atoms with Gasteiger partial charge in [-0.05, 0) is 31.6 Å². The molecule has 0 aromatic carbocycles. The molecule has 0 aliphatic rings. The summed E-state index contributed by atoms with van der Waals surface area (Å²) in [6.45, 7) is 4.00. The lowest BCUT2D eigenvalue weighted by Crippen LogP contribution is -1.83. The third kappa shape index (κ3) is 2.06. The summed E-state index contributed by atoms with van der Waals surface area (Å²) in [6.07, 6.45) is 9.89. The predicted octanol–water partition coefficient (Wildman–Crippen LogP) is 3.15. The summed E-state index contributed by atoms with van der Waals surface area (Å²) in [5.74, 6) is 0. The van der Waals surface area contributed by atoms with Crippen LogP contribution in [0.25, 0.3) is 12.2 Å². The highest BCUT2D eigenvalue weighted by atomic mass is 14.7. The maximum absolute atomic E-state index is 4.25. The van der Waals surface area contributed by atoms with Gasteiger partial charge >= 0.3 is 0 Å². The molecule has 12 heavy (non-hydrogen) atoms. The number of hydrogen-bond donors (Lipinski definition) is 0. The molecular weight excluding hydrogens is 146 g/mol. The Morgan fingerprint density at radius 3 is 2.58 bits per heavy atom. The van der Waals surface area contributed by atoms with Gasteiger partial charge in [-0.3, -0.25) is 4.98 Å². The average molecular weight is 159 g/mol. The van der Waals surface area contributed by atoms with Crippen molar-refractivity contribution in [2.45, 2.75) is 13.8 Å². The second-order valence-corrected chi connectivity index (χ2v) is 2.48. The molecule has 1 aromatic heterocycles. The fourth-order valence-corrected chi connectivity index (χ4v) is 1.05. The Labute approximate surface area is 73.5 Å². The molecule has 0 unspecified atom stereocenters. The van der Waals surface area contributed by atoms with Crippen LogP contribution in [0.2, 0.25) is 0 Å². The summed E-state index contributed by atoms with van der Waals surface area (Å²) in [6, 6.07) is 4.00. The standard InChI is InChI=1S/C11H13N/c1-3-6-10-8-5-9-12-11(10)7-4-2/h3-9H,1-2H3/b6-3+,7-4-. The Morgan fingerprint density at radius 2 is 1.92 bits per heavy atom. The molecule has 0 saturated carbocycles. The third-order valence-electron chi connectivity index (χ3n) is 1.54. The van der Waals surface area contributed by atoms with E-state index in [0.29, 0.717) is 0 Å². The van der Waals surface area contributed by atoms with Crippen molar-refractivity contribution in [3.63, 3.8) is 0 Å². The first-order chi connectivity index (χ1) is 5.88. The van der Waals surface area contributed by atoms with Crippen LogP contribution < -0.4 is 0 Å². The minimum Gasteiger partial charge on any atom is -0.256 e. The smallest absolute Gasteiger partial charge is 0.0698 e. The molecule has 1 heterocycles. The van der Waals surface area contributed by atoms with Gasteiger partial charge in [0.05, 0.1) is 5.69 Å². The van der Waals surface area contributed by atoms with E-state index in [0.717, 1.165) is 11.3 Å². The molecule has 1 heteroatoms. The maximum Gasteiger partial charge on any atom is 0.0698 e. The molecule has 1 nitrogen and oxygen atoms in total. The molecule has 0 aliphatic carbocycles. The van der Waals surface area contributed by atoms with Crippen LogP contribution in [-0.2, 0) is 0 Å². The summed E-state index contributed by atoms with van der Waals surface area (Å²) in [7, 11) is 0. The number of allylic oxidation sites excluding steroid dienone is 2. The molecule has 0 fully saturated rings. The van der Waals surface area contributed by atoms with Crippen molar-refractivity contribution in [3.8, 4) is 0 Å². The quantitative estimate of drug-likeness (QED) is 0.646. The zero-order valence-corrected chi connectivity index (χ0v) is 7.49. The fourth-order valence-electron chi connectivity index (χ4n) is 1.05. The van der Waals surface area contributed by atoms with E-state index < -0.39 is 0 Å². The minimum absolute atomic E-state index is 1.03. The average Bonchev–Trinajstić information content (AvgIpc) is 2.09. The normalized spacial score (nSPS) is 11.5. The Kier molecular flexibility index (Phi) is 3.27. The Balaban J connectivity index is 3.08. The predicted molar refractivity (Wildman–Crippen MR) is 53.7 cm³/mol. The van der Waals surface area contributed by atoms with Crippen LogP contribution in [0.15, 0.2) is 30.5 Å². The van der Waals surface area contributed by atoms with Gasteiger partial charge in [-0.15, -0.1) is 0 Å². The first-order valence-electron chi connectivity index (χ1n) is 4.09. The zero-order valence-electron chi connectivity index (χ0n) is 7.49. The van der Waals surface area contributed by atoms with Gasteiger partial charge in [-0.1, -0.05) is 24.3 Å². The van der Waals surface area contributed by atoms with E-state index in [1.165, 1.54) is 0 Å². The highest BCUT2D eigenvalue weighted by molar-refractivity contribution is 5.61. The van der Waals surface area contributed by atoms with Gasteiger partial charge < -0.3 is 0 Å². The third-order valence-corrected chi connectivity index (χ3v) is 1.54. The fraction of sp³-hybridized carbons (Fsp3) is 0.182. The van der Waals surface area contributed by atoms with Crippen LogP contribution in [0.1, 0.15) is 25.1 Å². The molecule has 0 saturated heterocycles. The largest absolute Gasteiger partial charge is 0.256 e. The number of hydrogen-bond acceptors (Lipinski definition) is 1. The lowest BCUT2D eigenvalue weighted by molar-refractivity contribution is 1.28. The van der Waals surface area contributed by atoms with Crippen LogP contribution in [0.3, 0.4) is 0 Å². The molecule has 0 N–H and O–H groups in total.